The molecule has 1 N–H and O–H groups in total. The van der Waals surface area contributed by atoms with E-state index in [0.29, 0.717) is 6.54 Å². The van der Waals surface area contributed by atoms with Crippen molar-refractivity contribution < 1.29 is 8.78 Å². The van der Waals surface area contributed by atoms with E-state index in [2.05, 4.69) is 28.2 Å². The second-order valence-electron chi connectivity index (χ2n) is 4.70. The average molecular weight is 340 g/mol. The summed E-state index contributed by atoms with van der Waals surface area (Å²) in [6.45, 7) is 2.62. The highest BCUT2D eigenvalue weighted by Crippen LogP contribution is 2.20. The van der Waals surface area contributed by atoms with Gasteiger partial charge < -0.3 is 5.32 Å². The Bertz CT molecular complexity index is 555. The van der Waals surface area contributed by atoms with Gasteiger partial charge in [-0.2, -0.15) is 0 Å². The van der Waals surface area contributed by atoms with Crippen LogP contribution in [-0.4, -0.2) is 0 Å². The fourth-order valence-electron chi connectivity index (χ4n) is 1.98. The zero-order valence-corrected chi connectivity index (χ0v) is 12.7. The van der Waals surface area contributed by atoms with E-state index in [-0.39, 0.29) is 11.6 Å². The van der Waals surface area contributed by atoms with Gasteiger partial charge in [-0.3, -0.25) is 0 Å². The molecule has 0 aromatic heterocycles. The number of benzene rings is 2. The first-order valence-electron chi connectivity index (χ1n) is 6.42. The van der Waals surface area contributed by atoms with E-state index >= 15 is 0 Å². The molecule has 0 saturated heterocycles. The number of hydrogen-bond donors (Lipinski definition) is 1. The summed E-state index contributed by atoms with van der Waals surface area (Å²) in [6, 6.07) is 14.7. The summed E-state index contributed by atoms with van der Waals surface area (Å²) in [5.41, 5.74) is 2.10. The number of rotatable bonds is 5. The molecule has 2 rings (SSSR count). The summed E-state index contributed by atoms with van der Waals surface area (Å²) in [5.74, 6) is 0. The van der Waals surface area contributed by atoms with Crippen LogP contribution in [0.3, 0.4) is 0 Å². The lowest BCUT2D eigenvalue weighted by Crippen LogP contribution is -2.18. The molecule has 0 aliphatic carbocycles. The van der Waals surface area contributed by atoms with Crippen molar-refractivity contribution >= 4 is 15.9 Å². The molecule has 0 saturated carbocycles. The highest BCUT2D eigenvalue weighted by atomic mass is 79.9. The van der Waals surface area contributed by atoms with Crippen LogP contribution < -0.4 is 5.32 Å². The second-order valence-corrected chi connectivity index (χ2v) is 5.62. The third-order valence-electron chi connectivity index (χ3n) is 3.19. The molecule has 2 aromatic rings. The summed E-state index contributed by atoms with van der Waals surface area (Å²) in [4.78, 5) is 0. The maximum atomic E-state index is 12.6. The Labute approximate surface area is 126 Å². The Morgan fingerprint density at radius 3 is 2.40 bits per heavy atom. The van der Waals surface area contributed by atoms with Gasteiger partial charge in [-0.1, -0.05) is 46.3 Å². The summed E-state index contributed by atoms with van der Waals surface area (Å²) >= 11 is 3.40. The van der Waals surface area contributed by atoms with Crippen molar-refractivity contribution in [1.29, 1.82) is 0 Å². The first-order chi connectivity index (χ1) is 9.56. The molecule has 0 amide bonds. The predicted molar refractivity (Wildman–Crippen MR) is 80.8 cm³/mol. The van der Waals surface area contributed by atoms with Crippen LogP contribution in [0, 0.1) is 0 Å². The molecule has 0 aliphatic heterocycles. The molecule has 2 aromatic carbocycles. The summed E-state index contributed by atoms with van der Waals surface area (Å²) in [6.07, 6.45) is -2.42. The van der Waals surface area contributed by atoms with E-state index < -0.39 is 6.43 Å². The zero-order chi connectivity index (χ0) is 14.5. The van der Waals surface area contributed by atoms with Gasteiger partial charge in [0.25, 0.3) is 6.43 Å². The van der Waals surface area contributed by atoms with Crippen molar-refractivity contribution in [2.75, 3.05) is 0 Å². The van der Waals surface area contributed by atoms with Crippen LogP contribution in [0.5, 0.6) is 0 Å². The molecular weight excluding hydrogens is 324 g/mol. The van der Waals surface area contributed by atoms with Crippen LogP contribution >= 0.6 is 15.9 Å². The SMILES string of the molecule is C[C@@H](NCc1cccc(C(F)F)c1)c1ccc(Br)cc1. The summed E-state index contributed by atoms with van der Waals surface area (Å²) in [7, 11) is 0. The fourth-order valence-corrected chi connectivity index (χ4v) is 2.24. The van der Waals surface area contributed by atoms with Gasteiger partial charge in [0.2, 0.25) is 0 Å². The molecule has 0 fully saturated rings. The normalized spacial score (nSPS) is 12.7. The molecular formula is C16H16BrF2N. The van der Waals surface area contributed by atoms with Gasteiger partial charge in [-0.25, -0.2) is 8.78 Å². The van der Waals surface area contributed by atoms with Gasteiger partial charge >= 0.3 is 0 Å². The topological polar surface area (TPSA) is 12.0 Å². The highest BCUT2D eigenvalue weighted by molar-refractivity contribution is 9.10. The smallest absolute Gasteiger partial charge is 0.263 e. The minimum Gasteiger partial charge on any atom is -0.306 e. The predicted octanol–water partition coefficient (Wildman–Crippen LogP) is 5.24. The van der Waals surface area contributed by atoms with Gasteiger partial charge in [-0.05, 0) is 36.2 Å². The molecule has 0 unspecified atom stereocenters. The second kappa shape index (κ2) is 6.95. The van der Waals surface area contributed by atoms with Crippen LogP contribution in [0.15, 0.2) is 53.0 Å². The molecule has 0 heterocycles. The first kappa shape index (κ1) is 15.1. The fraction of sp³-hybridized carbons (Fsp3) is 0.250. The quantitative estimate of drug-likeness (QED) is 0.785. The van der Waals surface area contributed by atoms with E-state index in [9.17, 15) is 8.78 Å². The minimum atomic E-state index is -2.42. The van der Waals surface area contributed by atoms with E-state index in [4.69, 9.17) is 0 Å². The Kier molecular flexibility index (Phi) is 5.26. The Morgan fingerprint density at radius 2 is 1.75 bits per heavy atom. The Hall–Kier alpha value is -1.26. The lowest BCUT2D eigenvalue weighted by molar-refractivity contribution is 0.151. The molecule has 0 spiro atoms. The van der Waals surface area contributed by atoms with Crippen molar-refractivity contribution in [3.8, 4) is 0 Å². The molecule has 1 atom stereocenters. The van der Waals surface area contributed by atoms with Gasteiger partial charge in [0.1, 0.15) is 0 Å². The molecule has 0 bridgehead atoms. The van der Waals surface area contributed by atoms with Crippen molar-refractivity contribution in [2.24, 2.45) is 0 Å². The van der Waals surface area contributed by atoms with Crippen molar-refractivity contribution in [3.63, 3.8) is 0 Å². The van der Waals surface area contributed by atoms with Crippen LogP contribution in [-0.2, 0) is 6.54 Å². The summed E-state index contributed by atoms with van der Waals surface area (Å²) < 4.78 is 26.3. The molecule has 1 nitrogen and oxygen atoms in total. The standard InChI is InChI=1S/C16H16BrF2N/c1-11(13-5-7-15(17)8-6-13)20-10-12-3-2-4-14(9-12)16(18)19/h2-9,11,16,20H,10H2,1H3/t11-/m1/s1. The Morgan fingerprint density at radius 1 is 1.05 bits per heavy atom. The number of nitrogens with one attached hydrogen (secondary N) is 1. The lowest BCUT2D eigenvalue weighted by atomic mass is 10.1. The number of hydrogen-bond acceptors (Lipinski definition) is 1. The minimum absolute atomic E-state index is 0.0700. The van der Waals surface area contributed by atoms with Crippen molar-refractivity contribution in [2.45, 2.75) is 25.9 Å². The van der Waals surface area contributed by atoms with E-state index in [1.807, 2.05) is 30.3 Å². The lowest BCUT2D eigenvalue weighted by Gasteiger charge is -2.15. The molecule has 0 radical (unpaired) electrons. The van der Waals surface area contributed by atoms with E-state index in [0.717, 1.165) is 10.0 Å². The first-order valence-corrected chi connectivity index (χ1v) is 7.21. The van der Waals surface area contributed by atoms with Crippen LogP contribution in [0.4, 0.5) is 8.78 Å². The van der Waals surface area contributed by atoms with Crippen molar-refractivity contribution in [3.05, 3.63) is 69.7 Å². The maximum absolute atomic E-state index is 12.6. The number of alkyl halides is 2. The zero-order valence-electron chi connectivity index (χ0n) is 11.1. The maximum Gasteiger partial charge on any atom is 0.263 e. The molecule has 106 valence electrons. The van der Waals surface area contributed by atoms with Crippen LogP contribution in [0.1, 0.15) is 36.1 Å². The average Bonchev–Trinajstić information content (AvgIpc) is 2.46. The molecule has 4 heteroatoms. The van der Waals surface area contributed by atoms with Crippen LogP contribution in [0.25, 0.3) is 0 Å². The van der Waals surface area contributed by atoms with Gasteiger partial charge in [0.05, 0.1) is 0 Å². The van der Waals surface area contributed by atoms with Gasteiger partial charge in [-0.15, -0.1) is 0 Å². The third-order valence-corrected chi connectivity index (χ3v) is 3.71. The summed E-state index contributed by atoms with van der Waals surface area (Å²) in [5, 5.41) is 3.34. The highest BCUT2D eigenvalue weighted by Gasteiger charge is 2.08. The monoisotopic (exact) mass is 339 g/mol. The molecule has 20 heavy (non-hydrogen) atoms. The van der Waals surface area contributed by atoms with Gasteiger partial charge in [0, 0.05) is 22.6 Å². The van der Waals surface area contributed by atoms with E-state index in [1.54, 1.807) is 12.1 Å². The van der Waals surface area contributed by atoms with Crippen molar-refractivity contribution in [1.82, 2.24) is 5.32 Å². The molecule has 0 aliphatic rings. The van der Waals surface area contributed by atoms with E-state index in [1.165, 1.54) is 11.6 Å². The Balaban J connectivity index is 1.97. The number of halogens is 3. The van der Waals surface area contributed by atoms with Gasteiger partial charge in [0.15, 0.2) is 0 Å². The van der Waals surface area contributed by atoms with Crippen LogP contribution in [0.2, 0.25) is 0 Å². The third kappa shape index (κ3) is 4.12. The largest absolute Gasteiger partial charge is 0.306 e.